The molecular weight excluding hydrogens is 426 g/mol. The summed E-state index contributed by atoms with van der Waals surface area (Å²) in [6.07, 6.45) is 1.72. The molecule has 0 atom stereocenters. The number of rotatable bonds is 5. The quantitative estimate of drug-likeness (QED) is 0.485. The summed E-state index contributed by atoms with van der Waals surface area (Å²) < 4.78 is 32.8. The Balaban J connectivity index is 1.33. The Kier molecular flexibility index (Phi) is 5.24. The minimum atomic E-state index is -3.58. The van der Waals surface area contributed by atoms with Gasteiger partial charge in [0.1, 0.15) is 5.52 Å². The number of fused-ring (bicyclic) bond motifs is 1. The fourth-order valence-electron chi connectivity index (χ4n) is 3.77. The van der Waals surface area contributed by atoms with Crippen LogP contribution in [0.15, 0.2) is 82.1 Å². The zero-order valence-electron chi connectivity index (χ0n) is 17.2. The van der Waals surface area contributed by atoms with Crippen molar-refractivity contribution in [2.75, 3.05) is 18.4 Å². The lowest BCUT2D eigenvalue weighted by Gasteiger charge is -2.16. The lowest BCUT2D eigenvalue weighted by molar-refractivity contribution is 0.102. The van der Waals surface area contributed by atoms with Gasteiger partial charge in [-0.05, 0) is 67.4 Å². The molecule has 1 saturated heterocycles. The predicted molar refractivity (Wildman–Crippen MR) is 122 cm³/mol. The Morgan fingerprint density at radius 3 is 2.44 bits per heavy atom. The number of amides is 1. The van der Waals surface area contributed by atoms with Gasteiger partial charge < -0.3 is 9.73 Å². The second-order valence-corrected chi connectivity index (χ2v) is 9.60. The van der Waals surface area contributed by atoms with Gasteiger partial charge in [-0.3, -0.25) is 4.79 Å². The number of benzene rings is 3. The third-order valence-corrected chi connectivity index (χ3v) is 7.38. The summed E-state index contributed by atoms with van der Waals surface area (Å²) in [6.45, 7) is 1.04. The number of oxazole rings is 1. The summed E-state index contributed by atoms with van der Waals surface area (Å²) in [5.41, 5.74) is 3.15. The van der Waals surface area contributed by atoms with Crippen LogP contribution in [-0.2, 0) is 10.0 Å². The number of carbonyl (C=O) groups excluding carboxylic acids is 1. The van der Waals surface area contributed by atoms with Crippen molar-refractivity contribution in [2.45, 2.75) is 17.7 Å². The van der Waals surface area contributed by atoms with Crippen molar-refractivity contribution in [1.29, 1.82) is 0 Å². The molecule has 1 amide bonds. The van der Waals surface area contributed by atoms with Gasteiger partial charge in [-0.2, -0.15) is 4.31 Å². The molecule has 0 radical (unpaired) electrons. The molecule has 1 aliphatic heterocycles. The molecule has 2 heterocycles. The van der Waals surface area contributed by atoms with E-state index in [1.54, 1.807) is 24.3 Å². The van der Waals surface area contributed by atoms with Crippen LogP contribution < -0.4 is 5.32 Å². The average molecular weight is 448 g/mol. The monoisotopic (exact) mass is 447 g/mol. The van der Waals surface area contributed by atoms with Gasteiger partial charge in [-0.1, -0.05) is 18.2 Å². The van der Waals surface area contributed by atoms with Crippen LogP contribution in [-0.4, -0.2) is 36.7 Å². The summed E-state index contributed by atoms with van der Waals surface area (Å²) in [5.74, 6) is 0.127. The number of carbonyl (C=O) groups is 1. The van der Waals surface area contributed by atoms with Gasteiger partial charge in [0.15, 0.2) is 5.58 Å². The number of nitrogens with one attached hydrogen (secondary N) is 1. The highest BCUT2D eigenvalue weighted by Gasteiger charge is 2.27. The molecule has 32 heavy (non-hydrogen) atoms. The number of para-hydroxylation sites is 2. The van der Waals surface area contributed by atoms with Crippen LogP contribution in [0, 0.1) is 0 Å². The van der Waals surface area contributed by atoms with Gasteiger partial charge >= 0.3 is 0 Å². The maximum Gasteiger partial charge on any atom is 0.255 e. The molecule has 0 aliphatic carbocycles. The van der Waals surface area contributed by atoms with Crippen LogP contribution in [0.4, 0.5) is 5.69 Å². The Labute approximate surface area is 185 Å². The van der Waals surface area contributed by atoms with E-state index in [4.69, 9.17) is 4.42 Å². The molecule has 4 aromatic rings. The molecule has 1 aromatic heterocycles. The topological polar surface area (TPSA) is 92.5 Å². The van der Waals surface area contributed by atoms with E-state index >= 15 is 0 Å². The molecule has 3 aromatic carbocycles. The van der Waals surface area contributed by atoms with Crippen molar-refractivity contribution >= 4 is 32.7 Å². The van der Waals surface area contributed by atoms with Gasteiger partial charge in [0.05, 0.1) is 4.90 Å². The van der Waals surface area contributed by atoms with Crippen LogP contribution in [0.5, 0.6) is 0 Å². The lowest BCUT2D eigenvalue weighted by Crippen LogP contribution is -2.28. The normalized spacial score (nSPS) is 14.6. The minimum Gasteiger partial charge on any atom is -0.436 e. The predicted octanol–water partition coefficient (Wildman–Crippen LogP) is 4.53. The molecule has 1 aliphatic rings. The van der Waals surface area contributed by atoms with Crippen LogP contribution in [0.3, 0.4) is 0 Å². The number of sulfonamides is 1. The van der Waals surface area contributed by atoms with Crippen molar-refractivity contribution in [3.05, 3.63) is 78.4 Å². The Hall–Kier alpha value is -3.49. The van der Waals surface area contributed by atoms with E-state index in [1.165, 1.54) is 16.4 Å². The first-order chi connectivity index (χ1) is 15.5. The van der Waals surface area contributed by atoms with E-state index in [9.17, 15) is 13.2 Å². The SMILES string of the molecule is O=C(Nc1ccc(-c2nc3ccccc3o2)cc1)c1cccc(S(=O)(=O)N2CCCC2)c1. The first-order valence-electron chi connectivity index (χ1n) is 10.4. The van der Waals surface area contributed by atoms with Crippen LogP contribution in [0.1, 0.15) is 23.2 Å². The van der Waals surface area contributed by atoms with Gasteiger partial charge in [0.25, 0.3) is 5.91 Å². The van der Waals surface area contributed by atoms with E-state index in [-0.39, 0.29) is 16.4 Å². The van der Waals surface area contributed by atoms with Crippen molar-refractivity contribution in [1.82, 2.24) is 9.29 Å². The summed E-state index contributed by atoms with van der Waals surface area (Å²) in [7, 11) is -3.58. The third kappa shape index (κ3) is 3.90. The van der Waals surface area contributed by atoms with Crippen molar-refractivity contribution in [3.8, 4) is 11.5 Å². The fraction of sp³-hybridized carbons (Fsp3) is 0.167. The maximum absolute atomic E-state index is 12.8. The van der Waals surface area contributed by atoms with Crippen LogP contribution >= 0.6 is 0 Å². The summed E-state index contributed by atoms with van der Waals surface area (Å²) in [5, 5.41) is 2.81. The molecule has 8 heteroatoms. The first-order valence-corrected chi connectivity index (χ1v) is 11.8. The molecule has 0 bridgehead atoms. The number of hydrogen-bond acceptors (Lipinski definition) is 5. The Morgan fingerprint density at radius 1 is 0.938 bits per heavy atom. The maximum atomic E-state index is 12.8. The van der Waals surface area contributed by atoms with Crippen molar-refractivity contribution in [2.24, 2.45) is 0 Å². The second kappa shape index (κ2) is 8.22. The highest BCUT2D eigenvalue weighted by molar-refractivity contribution is 7.89. The molecule has 7 nitrogen and oxygen atoms in total. The summed E-state index contributed by atoms with van der Waals surface area (Å²) in [6, 6.07) is 20.8. The largest absolute Gasteiger partial charge is 0.436 e. The second-order valence-electron chi connectivity index (χ2n) is 7.66. The number of nitrogens with zero attached hydrogens (tertiary/aromatic N) is 2. The summed E-state index contributed by atoms with van der Waals surface area (Å²) in [4.78, 5) is 17.3. The third-order valence-electron chi connectivity index (χ3n) is 5.48. The fourth-order valence-corrected chi connectivity index (χ4v) is 5.33. The lowest BCUT2D eigenvalue weighted by atomic mass is 10.2. The molecule has 5 rings (SSSR count). The van der Waals surface area contributed by atoms with Crippen molar-refractivity contribution < 1.29 is 17.6 Å². The highest BCUT2D eigenvalue weighted by Crippen LogP contribution is 2.26. The molecular formula is C24H21N3O4S. The van der Waals surface area contributed by atoms with Crippen molar-refractivity contribution in [3.63, 3.8) is 0 Å². The number of aromatic nitrogens is 1. The van der Waals surface area contributed by atoms with Crippen LogP contribution in [0.2, 0.25) is 0 Å². The molecule has 0 spiro atoms. The molecule has 0 saturated carbocycles. The van der Waals surface area contributed by atoms with E-state index in [0.717, 1.165) is 23.9 Å². The Morgan fingerprint density at radius 2 is 1.69 bits per heavy atom. The van der Waals surface area contributed by atoms with Crippen LogP contribution in [0.25, 0.3) is 22.6 Å². The molecule has 0 unspecified atom stereocenters. The average Bonchev–Trinajstić information content (AvgIpc) is 3.50. The first kappa shape index (κ1) is 20.4. The summed E-state index contributed by atoms with van der Waals surface area (Å²) >= 11 is 0. The zero-order chi connectivity index (χ0) is 22.1. The zero-order valence-corrected chi connectivity index (χ0v) is 18.0. The Bertz CT molecular complexity index is 1360. The van der Waals surface area contributed by atoms with Gasteiger partial charge in [0, 0.05) is 29.9 Å². The van der Waals surface area contributed by atoms with Gasteiger partial charge in [-0.15, -0.1) is 0 Å². The van der Waals surface area contributed by atoms with Gasteiger partial charge in [-0.25, -0.2) is 13.4 Å². The molecule has 1 fully saturated rings. The smallest absolute Gasteiger partial charge is 0.255 e. The molecule has 162 valence electrons. The van der Waals surface area contributed by atoms with E-state index in [2.05, 4.69) is 10.3 Å². The van der Waals surface area contributed by atoms with E-state index in [0.29, 0.717) is 30.3 Å². The standard InChI is InChI=1S/C24H21N3O4S/c28-23(18-6-5-7-20(16-18)32(29,30)27-14-3-4-15-27)25-19-12-10-17(11-13-19)24-26-21-8-1-2-9-22(21)31-24/h1-2,5-13,16H,3-4,14-15H2,(H,25,28). The number of anilines is 1. The highest BCUT2D eigenvalue weighted by atomic mass is 32.2. The minimum absolute atomic E-state index is 0.137. The molecule has 1 N–H and O–H groups in total. The number of hydrogen-bond donors (Lipinski definition) is 1. The van der Waals surface area contributed by atoms with E-state index in [1.807, 2.05) is 36.4 Å². The van der Waals surface area contributed by atoms with Gasteiger partial charge in [0.2, 0.25) is 15.9 Å². The van der Waals surface area contributed by atoms with E-state index < -0.39 is 10.0 Å².